The SMILES string of the molecule is CC1(C)CCC(C)(C)c2cc(-n3c4ccccc4c4cc(-c5ccc(N(c6ccccc6)c6ccc7c(c6)oc6ccccc67)cc5-c5ccccc5)ccc43)ccc21. The molecule has 10 aromatic rings. The number of fused-ring (bicyclic) bond motifs is 7. The Morgan fingerprint density at radius 3 is 1.88 bits per heavy atom. The number of nitrogens with zero attached hydrogens (tertiary/aromatic N) is 2. The average molecular weight is 763 g/mol. The van der Waals surface area contributed by atoms with Crippen molar-refractivity contribution in [1.82, 2.24) is 4.57 Å². The van der Waals surface area contributed by atoms with Crippen LogP contribution >= 0.6 is 0 Å². The molecule has 0 saturated heterocycles. The first-order valence-corrected chi connectivity index (χ1v) is 20.9. The molecule has 1 aliphatic rings. The molecular formula is C56H46N2O. The Morgan fingerprint density at radius 1 is 0.424 bits per heavy atom. The standard InChI is InChI=1S/C56H46N2O/c1-55(2)31-32-56(3,4)50-35-41(26-29-49(50)55)58-51-21-13-11-19-44(51)48-33-38(23-30-52(48)58)43-27-24-40(34-47(43)37-15-7-5-8-16-37)57(39-17-9-6-10-18-39)42-25-28-46-45-20-12-14-22-53(45)59-54(46)36-42/h5-30,33-36H,31-32H2,1-4H3. The predicted molar refractivity (Wildman–Crippen MR) is 249 cm³/mol. The third-order valence-electron chi connectivity index (χ3n) is 13.1. The summed E-state index contributed by atoms with van der Waals surface area (Å²) in [6.07, 6.45) is 2.40. The second-order valence-electron chi connectivity index (χ2n) is 17.6. The van der Waals surface area contributed by atoms with Gasteiger partial charge in [0, 0.05) is 50.4 Å². The van der Waals surface area contributed by atoms with Gasteiger partial charge in [0.05, 0.1) is 11.0 Å². The molecule has 0 bridgehead atoms. The summed E-state index contributed by atoms with van der Waals surface area (Å²) >= 11 is 0. The zero-order valence-corrected chi connectivity index (χ0v) is 34.0. The molecule has 0 amide bonds. The van der Waals surface area contributed by atoms with E-state index in [0.29, 0.717) is 0 Å². The molecule has 2 heterocycles. The highest BCUT2D eigenvalue weighted by Gasteiger charge is 2.37. The van der Waals surface area contributed by atoms with Crippen molar-refractivity contribution in [1.29, 1.82) is 0 Å². The molecule has 3 heteroatoms. The van der Waals surface area contributed by atoms with E-state index < -0.39 is 0 Å². The van der Waals surface area contributed by atoms with Gasteiger partial charge in [-0.2, -0.15) is 0 Å². The van der Waals surface area contributed by atoms with Crippen LogP contribution in [0.25, 0.3) is 71.7 Å². The van der Waals surface area contributed by atoms with Gasteiger partial charge in [-0.25, -0.2) is 0 Å². The van der Waals surface area contributed by atoms with Crippen LogP contribution in [-0.4, -0.2) is 4.57 Å². The van der Waals surface area contributed by atoms with Crippen molar-refractivity contribution in [3.8, 4) is 27.9 Å². The van der Waals surface area contributed by atoms with E-state index in [2.05, 4.69) is 207 Å². The summed E-state index contributed by atoms with van der Waals surface area (Å²) < 4.78 is 8.87. The first-order chi connectivity index (χ1) is 28.7. The minimum absolute atomic E-state index is 0.128. The van der Waals surface area contributed by atoms with Gasteiger partial charge in [-0.1, -0.05) is 131 Å². The van der Waals surface area contributed by atoms with Gasteiger partial charge < -0.3 is 13.9 Å². The minimum atomic E-state index is 0.128. The zero-order chi connectivity index (χ0) is 39.9. The molecule has 0 radical (unpaired) electrons. The Bertz CT molecular complexity index is 3220. The van der Waals surface area contributed by atoms with E-state index in [9.17, 15) is 0 Å². The average Bonchev–Trinajstić information content (AvgIpc) is 3.81. The van der Waals surface area contributed by atoms with Crippen LogP contribution in [0.4, 0.5) is 17.1 Å². The summed E-state index contributed by atoms with van der Waals surface area (Å²) in [6.45, 7) is 9.63. The van der Waals surface area contributed by atoms with Crippen molar-refractivity contribution in [2.75, 3.05) is 4.90 Å². The van der Waals surface area contributed by atoms with Gasteiger partial charge in [-0.3, -0.25) is 0 Å². The molecule has 286 valence electrons. The summed E-state index contributed by atoms with van der Waals surface area (Å²) in [7, 11) is 0. The molecule has 0 spiro atoms. The van der Waals surface area contributed by atoms with E-state index in [1.807, 2.05) is 12.1 Å². The molecule has 59 heavy (non-hydrogen) atoms. The lowest BCUT2D eigenvalue weighted by Gasteiger charge is -2.42. The Labute approximate surface area is 345 Å². The molecule has 0 fully saturated rings. The van der Waals surface area contributed by atoms with Gasteiger partial charge in [0.15, 0.2) is 0 Å². The van der Waals surface area contributed by atoms with E-state index in [-0.39, 0.29) is 10.8 Å². The van der Waals surface area contributed by atoms with E-state index in [0.717, 1.165) is 39.0 Å². The molecule has 11 rings (SSSR count). The van der Waals surface area contributed by atoms with Crippen LogP contribution in [0, 0.1) is 0 Å². The molecule has 2 aromatic heterocycles. The van der Waals surface area contributed by atoms with Gasteiger partial charge in [0.25, 0.3) is 0 Å². The van der Waals surface area contributed by atoms with Crippen LogP contribution in [0.2, 0.25) is 0 Å². The Morgan fingerprint density at radius 2 is 1.07 bits per heavy atom. The van der Waals surface area contributed by atoms with Crippen LogP contribution in [0.5, 0.6) is 0 Å². The Kier molecular flexibility index (Phi) is 8.00. The van der Waals surface area contributed by atoms with Crippen molar-refractivity contribution in [2.24, 2.45) is 0 Å². The Balaban J connectivity index is 1.08. The van der Waals surface area contributed by atoms with E-state index in [1.165, 1.54) is 73.7 Å². The van der Waals surface area contributed by atoms with Gasteiger partial charge in [-0.15, -0.1) is 0 Å². The first kappa shape index (κ1) is 35.3. The Hall–Kier alpha value is -6.84. The summed E-state index contributed by atoms with van der Waals surface area (Å²) in [4.78, 5) is 2.33. The van der Waals surface area contributed by atoms with Crippen molar-refractivity contribution < 1.29 is 4.42 Å². The van der Waals surface area contributed by atoms with Gasteiger partial charge in [0.1, 0.15) is 11.2 Å². The quantitative estimate of drug-likeness (QED) is 0.168. The number of benzene rings is 8. The fourth-order valence-electron chi connectivity index (χ4n) is 9.79. The van der Waals surface area contributed by atoms with Gasteiger partial charge in [0.2, 0.25) is 0 Å². The van der Waals surface area contributed by atoms with E-state index in [4.69, 9.17) is 4.42 Å². The van der Waals surface area contributed by atoms with Gasteiger partial charge >= 0.3 is 0 Å². The lowest BCUT2D eigenvalue weighted by Crippen LogP contribution is -2.33. The molecule has 0 unspecified atom stereocenters. The van der Waals surface area contributed by atoms with Crippen LogP contribution < -0.4 is 4.90 Å². The molecule has 1 aliphatic carbocycles. The van der Waals surface area contributed by atoms with Crippen LogP contribution in [0.3, 0.4) is 0 Å². The maximum Gasteiger partial charge on any atom is 0.137 e. The summed E-state index contributed by atoms with van der Waals surface area (Å²) in [6, 6.07) is 66.4. The number of aromatic nitrogens is 1. The number of anilines is 3. The fourth-order valence-corrected chi connectivity index (χ4v) is 9.79. The zero-order valence-electron chi connectivity index (χ0n) is 34.0. The van der Waals surface area contributed by atoms with Crippen molar-refractivity contribution in [3.63, 3.8) is 0 Å². The smallest absolute Gasteiger partial charge is 0.137 e. The molecule has 0 aliphatic heterocycles. The third kappa shape index (κ3) is 5.79. The second kappa shape index (κ2) is 13.4. The third-order valence-corrected chi connectivity index (χ3v) is 13.1. The number of rotatable bonds is 6. The number of furan rings is 1. The number of hydrogen-bond acceptors (Lipinski definition) is 2. The second-order valence-corrected chi connectivity index (χ2v) is 17.6. The van der Waals surface area contributed by atoms with Crippen LogP contribution in [0.1, 0.15) is 51.7 Å². The molecule has 8 aromatic carbocycles. The van der Waals surface area contributed by atoms with Crippen LogP contribution in [-0.2, 0) is 10.8 Å². The highest BCUT2D eigenvalue weighted by molar-refractivity contribution is 6.11. The highest BCUT2D eigenvalue weighted by Crippen LogP contribution is 2.48. The maximum absolute atomic E-state index is 6.39. The largest absolute Gasteiger partial charge is 0.456 e. The molecular weight excluding hydrogens is 717 g/mol. The predicted octanol–water partition coefficient (Wildman–Crippen LogP) is 15.8. The summed E-state index contributed by atoms with van der Waals surface area (Å²) in [5.41, 5.74) is 16.6. The highest BCUT2D eigenvalue weighted by atomic mass is 16.3. The molecule has 0 saturated carbocycles. The van der Waals surface area contributed by atoms with Crippen LogP contribution in [0.15, 0.2) is 186 Å². The molecule has 0 N–H and O–H groups in total. The summed E-state index contributed by atoms with van der Waals surface area (Å²) in [5.74, 6) is 0. The minimum Gasteiger partial charge on any atom is -0.456 e. The lowest BCUT2D eigenvalue weighted by atomic mass is 9.63. The normalized spacial score (nSPS) is 14.6. The van der Waals surface area contributed by atoms with Gasteiger partial charge in [-0.05, 0) is 130 Å². The summed E-state index contributed by atoms with van der Waals surface area (Å²) in [5, 5.41) is 4.76. The van der Waals surface area contributed by atoms with E-state index >= 15 is 0 Å². The number of hydrogen-bond donors (Lipinski definition) is 0. The number of para-hydroxylation sites is 3. The lowest BCUT2D eigenvalue weighted by molar-refractivity contribution is 0.332. The molecule has 0 atom stereocenters. The topological polar surface area (TPSA) is 21.3 Å². The fraction of sp³-hybridized carbons (Fsp3) is 0.143. The van der Waals surface area contributed by atoms with E-state index in [1.54, 1.807) is 0 Å². The van der Waals surface area contributed by atoms with Crippen molar-refractivity contribution in [3.05, 3.63) is 193 Å². The first-order valence-electron chi connectivity index (χ1n) is 20.9. The maximum atomic E-state index is 6.39. The monoisotopic (exact) mass is 762 g/mol. The van der Waals surface area contributed by atoms with Crippen molar-refractivity contribution >= 4 is 60.8 Å². The molecule has 3 nitrogen and oxygen atoms in total. The van der Waals surface area contributed by atoms with Crippen molar-refractivity contribution in [2.45, 2.75) is 51.4 Å².